The first-order valence-electron chi connectivity index (χ1n) is 2.51. The molecule has 0 rings (SSSR count). The fraction of sp³-hybridized carbons (Fsp3) is 0.800. The predicted molar refractivity (Wildman–Crippen MR) is 37.4 cm³/mol. The summed E-state index contributed by atoms with van der Waals surface area (Å²) in [5, 5.41) is 7.94. The van der Waals surface area contributed by atoms with Gasteiger partial charge in [-0.25, -0.2) is 0 Å². The lowest BCUT2D eigenvalue weighted by Crippen LogP contribution is -2.06. The maximum atomic E-state index is 9.65. The Labute approximate surface area is 58.0 Å². The van der Waals surface area contributed by atoms with Crippen molar-refractivity contribution in [2.75, 3.05) is 0 Å². The summed E-state index contributed by atoms with van der Waals surface area (Å²) in [6.45, 7) is 5.56. The molecule has 0 heterocycles. The molecule has 0 amide bonds. The zero-order valence-corrected chi connectivity index (χ0v) is 6.90. The Morgan fingerprint density at radius 1 is 1.62 bits per heavy atom. The lowest BCUT2D eigenvalue weighted by molar-refractivity contribution is -0.135. The van der Waals surface area contributed by atoms with Crippen molar-refractivity contribution in [1.82, 2.24) is 0 Å². The van der Waals surface area contributed by atoms with Crippen LogP contribution in [0.15, 0.2) is 0 Å². The van der Waals surface area contributed by atoms with E-state index in [9.17, 15) is 4.79 Å². The first kappa shape index (κ1) is 10.8. The van der Waals surface area contributed by atoms with E-state index < -0.39 is 10.8 Å². The highest BCUT2D eigenvalue weighted by molar-refractivity contribution is 9.10. The fourth-order valence-electron chi connectivity index (χ4n) is 0. The Balaban J connectivity index is 0. The Bertz CT molecular complexity index is 61.4. The van der Waals surface area contributed by atoms with Gasteiger partial charge in [-0.15, -0.1) is 0 Å². The molecule has 8 heavy (non-hydrogen) atoms. The van der Waals surface area contributed by atoms with E-state index in [-0.39, 0.29) is 0 Å². The van der Waals surface area contributed by atoms with Crippen molar-refractivity contribution in [1.29, 1.82) is 0 Å². The van der Waals surface area contributed by atoms with E-state index in [1.54, 1.807) is 6.92 Å². The van der Waals surface area contributed by atoms with Crippen molar-refractivity contribution >= 4 is 21.9 Å². The van der Waals surface area contributed by atoms with Crippen LogP contribution in [0, 0.1) is 0 Å². The topological polar surface area (TPSA) is 37.3 Å². The second-order valence-corrected chi connectivity index (χ2v) is 2.33. The minimum atomic E-state index is -0.824. The summed E-state index contributed by atoms with van der Waals surface area (Å²) in [5.41, 5.74) is 0. The van der Waals surface area contributed by atoms with Gasteiger partial charge in [-0.1, -0.05) is 29.8 Å². The molecular weight excluding hydrogens is 172 g/mol. The van der Waals surface area contributed by atoms with Crippen LogP contribution in [0.25, 0.3) is 0 Å². The molecule has 0 radical (unpaired) electrons. The van der Waals surface area contributed by atoms with Crippen molar-refractivity contribution in [3.05, 3.63) is 0 Å². The van der Waals surface area contributed by atoms with Gasteiger partial charge in [-0.2, -0.15) is 0 Å². The van der Waals surface area contributed by atoms with Crippen molar-refractivity contribution in [3.63, 3.8) is 0 Å². The van der Waals surface area contributed by atoms with Gasteiger partial charge < -0.3 is 5.11 Å². The zero-order valence-electron chi connectivity index (χ0n) is 5.31. The average Bonchev–Trinajstić information content (AvgIpc) is 1.72. The van der Waals surface area contributed by atoms with E-state index in [0.29, 0.717) is 0 Å². The first-order chi connectivity index (χ1) is 3.64. The third kappa shape index (κ3) is 9.34. The molecule has 0 aromatic carbocycles. The van der Waals surface area contributed by atoms with E-state index in [2.05, 4.69) is 15.9 Å². The standard InChI is InChI=1S/C3H5BrO2.C2H6/c1-2(4)3(5)6;1-2/h2H,1H3,(H,5,6);1-2H3. The molecule has 1 atom stereocenters. The highest BCUT2D eigenvalue weighted by atomic mass is 79.9. The summed E-state index contributed by atoms with van der Waals surface area (Å²) < 4.78 is 0. The average molecular weight is 183 g/mol. The van der Waals surface area contributed by atoms with Crippen LogP contribution < -0.4 is 0 Å². The number of rotatable bonds is 1. The predicted octanol–water partition coefficient (Wildman–Crippen LogP) is 1.88. The third-order valence-electron chi connectivity index (χ3n) is 0.340. The van der Waals surface area contributed by atoms with Crippen molar-refractivity contribution in [2.24, 2.45) is 0 Å². The number of hydrogen-bond acceptors (Lipinski definition) is 1. The second kappa shape index (κ2) is 6.95. The molecule has 0 aliphatic heterocycles. The van der Waals surface area contributed by atoms with E-state index >= 15 is 0 Å². The molecule has 0 saturated heterocycles. The molecule has 1 unspecified atom stereocenters. The Kier molecular flexibility index (Phi) is 9.42. The minimum Gasteiger partial charge on any atom is -0.480 e. The number of carboxylic acid groups (broad SMARTS) is 1. The van der Waals surface area contributed by atoms with Crippen LogP contribution in [0.2, 0.25) is 0 Å². The third-order valence-corrected chi connectivity index (χ3v) is 0.732. The summed E-state index contributed by atoms with van der Waals surface area (Å²) in [6, 6.07) is 0. The number of halogens is 1. The molecule has 0 aromatic rings. The lowest BCUT2D eigenvalue weighted by atomic mass is 10.5. The minimum absolute atomic E-state index is 0.419. The second-order valence-electron chi connectivity index (χ2n) is 0.954. The summed E-state index contributed by atoms with van der Waals surface area (Å²) >= 11 is 2.84. The number of carboxylic acids is 1. The summed E-state index contributed by atoms with van der Waals surface area (Å²) in [7, 11) is 0. The summed E-state index contributed by atoms with van der Waals surface area (Å²) in [4.78, 5) is 9.23. The first-order valence-corrected chi connectivity index (χ1v) is 3.43. The Morgan fingerprint density at radius 3 is 1.75 bits per heavy atom. The smallest absolute Gasteiger partial charge is 0.316 e. The molecule has 0 spiro atoms. The summed E-state index contributed by atoms with van der Waals surface area (Å²) in [5.74, 6) is -0.824. The number of alkyl halides is 1. The molecule has 2 nitrogen and oxygen atoms in total. The van der Waals surface area contributed by atoms with Crippen LogP contribution >= 0.6 is 15.9 Å². The van der Waals surface area contributed by atoms with Gasteiger partial charge in [-0.05, 0) is 6.92 Å². The normalized spacial score (nSPS) is 11.0. The van der Waals surface area contributed by atoms with Crippen LogP contribution in [-0.4, -0.2) is 15.9 Å². The molecule has 0 aromatic heterocycles. The van der Waals surface area contributed by atoms with Crippen molar-refractivity contribution < 1.29 is 9.90 Å². The van der Waals surface area contributed by atoms with Gasteiger partial charge in [0.2, 0.25) is 0 Å². The van der Waals surface area contributed by atoms with Crippen molar-refractivity contribution in [2.45, 2.75) is 25.6 Å². The van der Waals surface area contributed by atoms with Crippen LogP contribution in [0.1, 0.15) is 20.8 Å². The highest BCUT2D eigenvalue weighted by Crippen LogP contribution is 1.93. The molecule has 0 fully saturated rings. The van der Waals surface area contributed by atoms with Crippen LogP contribution in [0.3, 0.4) is 0 Å². The largest absolute Gasteiger partial charge is 0.480 e. The molecule has 50 valence electrons. The van der Waals surface area contributed by atoms with Gasteiger partial charge in [0.1, 0.15) is 4.83 Å². The maximum Gasteiger partial charge on any atom is 0.316 e. The molecule has 1 N–H and O–H groups in total. The van der Waals surface area contributed by atoms with Gasteiger partial charge in [0.15, 0.2) is 0 Å². The van der Waals surface area contributed by atoms with Crippen LogP contribution in [0.5, 0.6) is 0 Å². The van der Waals surface area contributed by atoms with Gasteiger partial charge >= 0.3 is 5.97 Å². The zero-order chi connectivity index (χ0) is 7.15. The molecule has 0 aliphatic rings. The molecule has 0 aliphatic carbocycles. The fourth-order valence-corrected chi connectivity index (χ4v) is 0. The van der Waals surface area contributed by atoms with E-state index in [0.717, 1.165) is 0 Å². The van der Waals surface area contributed by atoms with Gasteiger partial charge in [0.25, 0.3) is 0 Å². The van der Waals surface area contributed by atoms with Gasteiger partial charge in [-0.3, -0.25) is 4.79 Å². The molecule has 0 bridgehead atoms. The van der Waals surface area contributed by atoms with E-state index in [4.69, 9.17) is 5.11 Å². The summed E-state index contributed by atoms with van der Waals surface area (Å²) in [6.07, 6.45) is 0. The maximum absolute atomic E-state index is 9.65. The van der Waals surface area contributed by atoms with Gasteiger partial charge in [0, 0.05) is 0 Å². The number of aliphatic carboxylic acids is 1. The lowest BCUT2D eigenvalue weighted by Gasteiger charge is -1.87. The van der Waals surface area contributed by atoms with Crippen molar-refractivity contribution in [3.8, 4) is 0 Å². The Hall–Kier alpha value is -0.0500. The molecule has 0 saturated carbocycles. The SMILES string of the molecule is CC.CC(Br)C(=O)O. The van der Waals surface area contributed by atoms with Crippen LogP contribution in [-0.2, 0) is 4.79 Å². The van der Waals surface area contributed by atoms with Crippen LogP contribution in [0.4, 0.5) is 0 Å². The van der Waals surface area contributed by atoms with E-state index in [1.807, 2.05) is 13.8 Å². The quantitative estimate of drug-likeness (QED) is 0.630. The highest BCUT2D eigenvalue weighted by Gasteiger charge is 2.01. The number of hydrogen-bond donors (Lipinski definition) is 1. The molecular formula is C5H11BrO2. The monoisotopic (exact) mass is 182 g/mol. The van der Waals surface area contributed by atoms with E-state index in [1.165, 1.54) is 0 Å². The number of carbonyl (C=O) groups is 1. The molecule has 3 heteroatoms. The van der Waals surface area contributed by atoms with Gasteiger partial charge in [0.05, 0.1) is 0 Å². The Morgan fingerprint density at radius 2 is 1.75 bits per heavy atom.